The van der Waals surface area contributed by atoms with Gasteiger partial charge in [-0.3, -0.25) is 0 Å². The molecule has 0 aliphatic heterocycles. The van der Waals surface area contributed by atoms with Gasteiger partial charge in [-0.1, -0.05) is 44.9 Å². The lowest BCUT2D eigenvalue weighted by Crippen LogP contribution is -2.27. The van der Waals surface area contributed by atoms with Crippen molar-refractivity contribution in [3.8, 4) is 5.75 Å². The van der Waals surface area contributed by atoms with Crippen LogP contribution in [0.15, 0.2) is 24.3 Å². The summed E-state index contributed by atoms with van der Waals surface area (Å²) in [5.41, 5.74) is 1.35. The monoisotopic (exact) mass is 289 g/mol. The van der Waals surface area contributed by atoms with Crippen LogP contribution in [0.25, 0.3) is 0 Å². The minimum atomic E-state index is 0.712. The van der Waals surface area contributed by atoms with Gasteiger partial charge in [0.15, 0.2) is 0 Å². The van der Waals surface area contributed by atoms with Crippen LogP contribution in [0.2, 0.25) is 0 Å². The summed E-state index contributed by atoms with van der Waals surface area (Å²) in [7, 11) is 1.77. The summed E-state index contributed by atoms with van der Waals surface area (Å²) < 4.78 is 5.52. The van der Waals surface area contributed by atoms with E-state index in [1.54, 1.807) is 7.11 Å². The lowest BCUT2D eigenvalue weighted by Gasteiger charge is -2.22. The topological polar surface area (TPSA) is 21.3 Å². The lowest BCUT2D eigenvalue weighted by molar-refractivity contribution is 0.346. The molecule has 1 aromatic rings. The average molecular weight is 289 g/mol. The number of para-hydroxylation sites is 1. The Morgan fingerprint density at radius 3 is 2.71 bits per heavy atom. The molecule has 2 atom stereocenters. The van der Waals surface area contributed by atoms with E-state index in [1.165, 1.54) is 37.7 Å². The number of nitrogens with one attached hydrogen (secondary N) is 1. The van der Waals surface area contributed by atoms with E-state index in [1.807, 2.05) is 0 Å². The van der Waals surface area contributed by atoms with Gasteiger partial charge in [-0.25, -0.2) is 0 Å². The molecule has 1 aliphatic rings. The summed E-state index contributed by atoms with van der Waals surface area (Å²) in [5.74, 6) is 2.57. The highest BCUT2D eigenvalue weighted by Gasteiger charge is 2.23. The van der Waals surface area contributed by atoms with Crippen molar-refractivity contribution in [2.45, 2.75) is 58.4 Å². The third kappa shape index (κ3) is 5.70. The second kappa shape index (κ2) is 8.43. The molecule has 0 radical (unpaired) electrons. The fourth-order valence-corrected chi connectivity index (χ4v) is 3.22. The van der Waals surface area contributed by atoms with Crippen molar-refractivity contribution in [3.63, 3.8) is 0 Å². The van der Waals surface area contributed by atoms with Crippen molar-refractivity contribution in [1.29, 1.82) is 0 Å². The molecule has 1 aromatic carbocycles. The van der Waals surface area contributed by atoms with E-state index in [4.69, 9.17) is 4.74 Å². The number of methoxy groups -OCH3 is 1. The maximum absolute atomic E-state index is 5.52. The first-order valence-electron chi connectivity index (χ1n) is 8.58. The second-order valence-electron chi connectivity index (χ2n) is 6.69. The Kier molecular flexibility index (Phi) is 6.56. The Balaban J connectivity index is 1.95. The van der Waals surface area contributed by atoms with Crippen LogP contribution in [0.5, 0.6) is 5.75 Å². The predicted octanol–water partition coefficient (Wildman–Crippen LogP) is 4.43. The maximum atomic E-state index is 5.52. The van der Waals surface area contributed by atoms with Gasteiger partial charge < -0.3 is 10.1 Å². The normalized spacial score (nSPS) is 17.5. The molecule has 0 amide bonds. The Labute approximate surface area is 130 Å². The molecule has 0 bridgehead atoms. The van der Waals surface area contributed by atoms with Crippen LogP contribution >= 0.6 is 0 Å². The predicted molar refractivity (Wildman–Crippen MR) is 89.9 cm³/mol. The molecule has 2 nitrogen and oxygen atoms in total. The van der Waals surface area contributed by atoms with E-state index in [0.717, 1.165) is 30.7 Å². The number of hydrogen-bond donors (Lipinski definition) is 1. The van der Waals surface area contributed by atoms with Crippen LogP contribution in [-0.4, -0.2) is 19.7 Å². The van der Waals surface area contributed by atoms with Gasteiger partial charge in [-0.2, -0.15) is 0 Å². The molecule has 0 spiro atoms. The largest absolute Gasteiger partial charge is 0.496 e. The summed E-state index contributed by atoms with van der Waals surface area (Å²) >= 11 is 0. The number of ether oxygens (including phenoxy) is 1. The third-order valence-corrected chi connectivity index (χ3v) is 4.49. The number of rotatable bonds is 10. The van der Waals surface area contributed by atoms with Crippen LogP contribution in [-0.2, 0) is 6.42 Å². The Bertz CT molecular complexity index is 414. The van der Waals surface area contributed by atoms with Crippen LogP contribution in [0, 0.1) is 11.8 Å². The molecule has 0 aromatic heterocycles. The number of hydrogen-bond acceptors (Lipinski definition) is 2. The Hall–Kier alpha value is -1.02. The molecule has 21 heavy (non-hydrogen) atoms. The summed E-state index contributed by atoms with van der Waals surface area (Å²) in [6.07, 6.45) is 7.80. The van der Waals surface area contributed by atoms with E-state index >= 15 is 0 Å². The van der Waals surface area contributed by atoms with Crippen molar-refractivity contribution < 1.29 is 4.74 Å². The SMILES string of the molecule is CCCC(C)CC(CNC1CC1)Cc1ccccc1OC. The highest BCUT2D eigenvalue weighted by atomic mass is 16.5. The zero-order valence-corrected chi connectivity index (χ0v) is 13.9. The van der Waals surface area contributed by atoms with Crippen molar-refractivity contribution in [3.05, 3.63) is 29.8 Å². The minimum absolute atomic E-state index is 0.712. The average Bonchev–Trinajstić information content (AvgIpc) is 3.30. The lowest BCUT2D eigenvalue weighted by atomic mass is 9.88. The van der Waals surface area contributed by atoms with Crippen molar-refractivity contribution in [2.24, 2.45) is 11.8 Å². The fourth-order valence-electron chi connectivity index (χ4n) is 3.22. The van der Waals surface area contributed by atoms with Gasteiger partial charge >= 0.3 is 0 Å². The second-order valence-corrected chi connectivity index (χ2v) is 6.69. The first-order chi connectivity index (χ1) is 10.2. The molecule has 1 N–H and O–H groups in total. The van der Waals surface area contributed by atoms with Gasteiger partial charge in [0.2, 0.25) is 0 Å². The van der Waals surface area contributed by atoms with Crippen LogP contribution in [0.4, 0.5) is 0 Å². The zero-order chi connectivity index (χ0) is 15.1. The Morgan fingerprint density at radius 2 is 2.05 bits per heavy atom. The molecule has 2 unspecified atom stereocenters. The van der Waals surface area contributed by atoms with Gasteiger partial charge in [0.1, 0.15) is 5.75 Å². The molecule has 118 valence electrons. The van der Waals surface area contributed by atoms with E-state index in [-0.39, 0.29) is 0 Å². The first-order valence-corrected chi connectivity index (χ1v) is 8.58. The van der Waals surface area contributed by atoms with Gasteiger partial charge in [0.05, 0.1) is 7.11 Å². The molecule has 1 saturated carbocycles. The van der Waals surface area contributed by atoms with Crippen molar-refractivity contribution >= 4 is 0 Å². The summed E-state index contributed by atoms with van der Waals surface area (Å²) in [6, 6.07) is 9.27. The smallest absolute Gasteiger partial charge is 0.122 e. The van der Waals surface area contributed by atoms with Gasteiger partial charge in [-0.15, -0.1) is 0 Å². The van der Waals surface area contributed by atoms with Gasteiger partial charge in [-0.05, 0) is 55.7 Å². The fraction of sp³-hybridized carbons (Fsp3) is 0.684. The minimum Gasteiger partial charge on any atom is -0.496 e. The standard InChI is InChI=1S/C19H31NO/c1-4-7-15(2)12-16(14-20-18-10-11-18)13-17-8-5-6-9-19(17)21-3/h5-6,8-9,15-16,18,20H,4,7,10-14H2,1-3H3. The zero-order valence-electron chi connectivity index (χ0n) is 13.9. The quantitative estimate of drug-likeness (QED) is 0.688. The number of benzene rings is 1. The van der Waals surface area contributed by atoms with Crippen LogP contribution in [0.1, 0.15) is 51.5 Å². The van der Waals surface area contributed by atoms with E-state index in [9.17, 15) is 0 Å². The molecule has 1 aliphatic carbocycles. The molecule has 2 rings (SSSR count). The van der Waals surface area contributed by atoms with Crippen molar-refractivity contribution in [1.82, 2.24) is 5.32 Å². The molecular weight excluding hydrogens is 258 g/mol. The highest BCUT2D eigenvalue weighted by Crippen LogP contribution is 2.26. The Morgan fingerprint density at radius 1 is 1.29 bits per heavy atom. The molecule has 1 fully saturated rings. The third-order valence-electron chi connectivity index (χ3n) is 4.49. The molecule has 0 heterocycles. The van der Waals surface area contributed by atoms with Gasteiger partial charge in [0, 0.05) is 6.04 Å². The van der Waals surface area contributed by atoms with E-state index in [2.05, 4.69) is 43.4 Å². The maximum Gasteiger partial charge on any atom is 0.122 e. The van der Waals surface area contributed by atoms with Crippen LogP contribution in [0.3, 0.4) is 0 Å². The van der Waals surface area contributed by atoms with Crippen molar-refractivity contribution in [2.75, 3.05) is 13.7 Å². The summed E-state index contributed by atoms with van der Waals surface area (Å²) in [6.45, 7) is 5.83. The van der Waals surface area contributed by atoms with E-state index in [0.29, 0.717) is 5.92 Å². The first kappa shape index (κ1) is 16.4. The summed E-state index contributed by atoms with van der Waals surface area (Å²) in [4.78, 5) is 0. The van der Waals surface area contributed by atoms with Gasteiger partial charge in [0.25, 0.3) is 0 Å². The summed E-state index contributed by atoms with van der Waals surface area (Å²) in [5, 5.41) is 3.72. The molecule has 0 saturated heterocycles. The molecule has 2 heteroatoms. The highest BCUT2D eigenvalue weighted by molar-refractivity contribution is 5.33. The van der Waals surface area contributed by atoms with Crippen LogP contribution < -0.4 is 10.1 Å². The van der Waals surface area contributed by atoms with E-state index < -0.39 is 0 Å². The molecular formula is C19H31NO.